The first kappa shape index (κ1) is 9.65. The minimum absolute atomic E-state index is 0.840. The van der Waals surface area contributed by atoms with Gasteiger partial charge in [-0.05, 0) is 7.05 Å². The van der Waals surface area contributed by atoms with Crippen LogP contribution in [0.15, 0.2) is 0 Å². The van der Waals surface area contributed by atoms with Crippen molar-refractivity contribution < 1.29 is 4.74 Å². The molecule has 0 rings (SSSR count). The van der Waals surface area contributed by atoms with Crippen molar-refractivity contribution in [2.75, 3.05) is 38.3 Å². The summed E-state index contributed by atoms with van der Waals surface area (Å²) in [5, 5.41) is 0. The highest BCUT2D eigenvalue weighted by Gasteiger charge is 1.93. The fourth-order valence-corrected chi connectivity index (χ4v) is 1.33. The van der Waals surface area contributed by atoms with Crippen LogP contribution in [0.5, 0.6) is 0 Å². The van der Waals surface area contributed by atoms with Crippen LogP contribution in [0.1, 0.15) is 0 Å². The standard InChI is InChI=1S/C6H14INO/c1-8(4-3-7)5-6-9-2/h3-6H2,1-2H3. The summed E-state index contributed by atoms with van der Waals surface area (Å²) in [5.74, 6) is 0. The fourth-order valence-electron chi connectivity index (χ4n) is 0.503. The van der Waals surface area contributed by atoms with Gasteiger partial charge in [0.2, 0.25) is 0 Å². The predicted molar refractivity (Wildman–Crippen MR) is 48.3 cm³/mol. The molecule has 0 radical (unpaired) electrons. The molecule has 0 aliphatic heterocycles. The summed E-state index contributed by atoms with van der Waals surface area (Å²) in [6.07, 6.45) is 0. The van der Waals surface area contributed by atoms with Gasteiger partial charge in [-0.2, -0.15) is 0 Å². The minimum atomic E-state index is 0.840. The number of nitrogens with zero attached hydrogens (tertiary/aromatic N) is 1. The first-order chi connectivity index (χ1) is 4.31. The lowest BCUT2D eigenvalue weighted by Crippen LogP contribution is -2.24. The van der Waals surface area contributed by atoms with Gasteiger partial charge < -0.3 is 9.64 Å². The number of ether oxygens (including phenoxy) is 1. The van der Waals surface area contributed by atoms with Gasteiger partial charge in [-0.15, -0.1) is 0 Å². The summed E-state index contributed by atoms with van der Waals surface area (Å²) < 4.78 is 6.11. The van der Waals surface area contributed by atoms with E-state index in [0.717, 1.165) is 19.7 Å². The van der Waals surface area contributed by atoms with Crippen molar-refractivity contribution in [1.29, 1.82) is 0 Å². The topological polar surface area (TPSA) is 12.5 Å². The molecule has 0 saturated heterocycles. The number of likely N-dealkylation sites (N-methyl/N-ethyl adjacent to an activating group) is 1. The van der Waals surface area contributed by atoms with Crippen molar-refractivity contribution >= 4 is 22.6 Å². The van der Waals surface area contributed by atoms with E-state index < -0.39 is 0 Å². The Balaban J connectivity index is 2.95. The first-order valence-corrected chi connectivity index (χ1v) is 4.57. The summed E-state index contributed by atoms with van der Waals surface area (Å²) in [5.41, 5.74) is 0. The Hall–Kier alpha value is 0.650. The van der Waals surface area contributed by atoms with Crippen LogP contribution < -0.4 is 0 Å². The van der Waals surface area contributed by atoms with Crippen LogP contribution >= 0.6 is 22.6 Å². The average Bonchev–Trinajstić information content (AvgIpc) is 1.85. The maximum absolute atomic E-state index is 4.91. The second-order valence-corrected chi connectivity index (χ2v) is 3.06. The third kappa shape index (κ3) is 6.54. The van der Waals surface area contributed by atoms with Gasteiger partial charge >= 0.3 is 0 Å². The van der Waals surface area contributed by atoms with Gasteiger partial charge in [0.05, 0.1) is 6.61 Å². The fraction of sp³-hybridized carbons (Fsp3) is 1.00. The number of rotatable bonds is 5. The molecule has 3 heteroatoms. The van der Waals surface area contributed by atoms with Gasteiger partial charge in [0.15, 0.2) is 0 Å². The Morgan fingerprint density at radius 3 is 2.56 bits per heavy atom. The van der Waals surface area contributed by atoms with Crippen molar-refractivity contribution in [2.45, 2.75) is 0 Å². The number of alkyl halides is 1. The Bertz CT molecular complexity index is 61.0. The highest BCUT2D eigenvalue weighted by molar-refractivity contribution is 14.1. The quantitative estimate of drug-likeness (QED) is 0.527. The molecule has 0 spiro atoms. The zero-order valence-corrected chi connectivity index (χ0v) is 8.22. The molecule has 56 valence electrons. The molecular weight excluding hydrogens is 229 g/mol. The highest BCUT2D eigenvalue weighted by atomic mass is 127. The maximum atomic E-state index is 4.91. The molecule has 0 aliphatic rings. The zero-order valence-electron chi connectivity index (χ0n) is 6.06. The average molecular weight is 243 g/mol. The van der Waals surface area contributed by atoms with Gasteiger partial charge in [-0.3, -0.25) is 0 Å². The van der Waals surface area contributed by atoms with Crippen LogP contribution in [-0.2, 0) is 4.74 Å². The molecule has 0 atom stereocenters. The van der Waals surface area contributed by atoms with Crippen molar-refractivity contribution in [3.63, 3.8) is 0 Å². The summed E-state index contributed by atoms with van der Waals surface area (Å²) in [6, 6.07) is 0. The minimum Gasteiger partial charge on any atom is -0.383 e. The summed E-state index contributed by atoms with van der Waals surface area (Å²) in [7, 11) is 3.84. The van der Waals surface area contributed by atoms with Crippen LogP contribution in [0.25, 0.3) is 0 Å². The van der Waals surface area contributed by atoms with Gasteiger partial charge in [0.1, 0.15) is 0 Å². The van der Waals surface area contributed by atoms with E-state index in [9.17, 15) is 0 Å². The summed E-state index contributed by atoms with van der Waals surface area (Å²) >= 11 is 2.37. The molecule has 0 N–H and O–H groups in total. The SMILES string of the molecule is COCCN(C)CCI. The molecule has 0 saturated carbocycles. The Kier molecular flexibility index (Phi) is 7.25. The molecular formula is C6H14INO. The predicted octanol–water partition coefficient (Wildman–Crippen LogP) is 1.000. The highest BCUT2D eigenvalue weighted by Crippen LogP contribution is 1.86. The summed E-state index contributed by atoms with van der Waals surface area (Å²) in [4.78, 5) is 2.26. The van der Waals surface area contributed by atoms with Crippen LogP contribution in [0.4, 0.5) is 0 Å². The first-order valence-electron chi connectivity index (χ1n) is 3.04. The molecule has 0 bridgehead atoms. The molecule has 0 aromatic heterocycles. The van der Waals surface area contributed by atoms with Crippen molar-refractivity contribution in [1.82, 2.24) is 4.90 Å². The number of halogens is 1. The maximum Gasteiger partial charge on any atom is 0.0589 e. The van der Waals surface area contributed by atoms with Crippen LogP contribution in [-0.4, -0.2) is 43.2 Å². The molecule has 0 heterocycles. The largest absolute Gasteiger partial charge is 0.383 e. The zero-order chi connectivity index (χ0) is 7.11. The lowest BCUT2D eigenvalue weighted by atomic mass is 10.5. The molecule has 0 aromatic rings. The van der Waals surface area contributed by atoms with Gasteiger partial charge in [-0.25, -0.2) is 0 Å². The van der Waals surface area contributed by atoms with E-state index in [1.54, 1.807) is 7.11 Å². The third-order valence-corrected chi connectivity index (χ3v) is 1.63. The number of hydrogen-bond acceptors (Lipinski definition) is 2. The second-order valence-electron chi connectivity index (χ2n) is 1.99. The van der Waals surface area contributed by atoms with E-state index >= 15 is 0 Å². The second kappa shape index (κ2) is 6.77. The van der Waals surface area contributed by atoms with Gasteiger partial charge in [0.25, 0.3) is 0 Å². The smallest absolute Gasteiger partial charge is 0.0589 e. The van der Waals surface area contributed by atoms with Gasteiger partial charge in [-0.1, -0.05) is 22.6 Å². The van der Waals surface area contributed by atoms with E-state index in [-0.39, 0.29) is 0 Å². The molecule has 0 aromatic carbocycles. The van der Waals surface area contributed by atoms with E-state index in [1.807, 2.05) is 0 Å². The molecule has 0 aliphatic carbocycles. The lowest BCUT2D eigenvalue weighted by molar-refractivity contribution is 0.164. The molecule has 0 unspecified atom stereocenters. The Labute approximate surface area is 70.7 Å². The monoisotopic (exact) mass is 243 g/mol. The van der Waals surface area contributed by atoms with Crippen LogP contribution in [0.3, 0.4) is 0 Å². The normalized spacial score (nSPS) is 10.7. The van der Waals surface area contributed by atoms with Crippen molar-refractivity contribution in [3.05, 3.63) is 0 Å². The number of methoxy groups -OCH3 is 1. The van der Waals surface area contributed by atoms with E-state index in [2.05, 4.69) is 34.5 Å². The van der Waals surface area contributed by atoms with Gasteiger partial charge in [0, 0.05) is 24.6 Å². The van der Waals surface area contributed by atoms with Crippen LogP contribution in [0.2, 0.25) is 0 Å². The Morgan fingerprint density at radius 2 is 2.11 bits per heavy atom. The Morgan fingerprint density at radius 1 is 1.44 bits per heavy atom. The van der Waals surface area contributed by atoms with Crippen molar-refractivity contribution in [2.24, 2.45) is 0 Å². The lowest BCUT2D eigenvalue weighted by Gasteiger charge is -2.13. The molecule has 0 fully saturated rings. The molecule has 0 amide bonds. The third-order valence-electron chi connectivity index (χ3n) is 1.14. The molecule has 9 heavy (non-hydrogen) atoms. The summed E-state index contributed by atoms with van der Waals surface area (Å²) in [6.45, 7) is 3.04. The number of hydrogen-bond donors (Lipinski definition) is 0. The van der Waals surface area contributed by atoms with E-state index in [4.69, 9.17) is 4.74 Å². The van der Waals surface area contributed by atoms with E-state index in [1.165, 1.54) is 4.43 Å². The molecule has 2 nitrogen and oxygen atoms in total. The van der Waals surface area contributed by atoms with Crippen molar-refractivity contribution in [3.8, 4) is 0 Å². The van der Waals surface area contributed by atoms with Crippen LogP contribution in [0, 0.1) is 0 Å². The van der Waals surface area contributed by atoms with E-state index in [0.29, 0.717) is 0 Å².